The molecular weight excluding hydrogens is 431 g/mol. The minimum absolute atomic E-state index is 0.137. The number of fused-ring (bicyclic) bond motifs is 1. The zero-order chi connectivity index (χ0) is 22.8. The standard InChI is InChI=1S/C23H21FN4O3S/c1-27(9-10-29)22(30)15-7-8-18-20(11-15)28(14-21(18)32(2)31)23-25-12-16(13-26-23)17-5-3-4-6-19(17)24/h3-8,11-14,29H,9-10H2,1-2H3. The van der Waals surface area contributed by atoms with Gasteiger partial charge in [0.15, 0.2) is 0 Å². The van der Waals surface area contributed by atoms with Gasteiger partial charge in [0.05, 0.1) is 27.8 Å². The highest BCUT2D eigenvalue weighted by atomic mass is 32.2. The van der Waals surface area contributed by atoms with Crippen LogP contribution in [-0.4, -0.2) is 61.1 Å². The molecule has 0 saturated heterocycles. The van der Waals surface area contributed by atoms with Gasteiger partial charge >= 0.3 is 0 Å². The first kappa shape index (κ1) is 21.8. The van der Waals surface area contributed by atoms with Gasteiger partial charge in [-0.1, -0.05) is 24.3 Å². The van der Waals surface area contributed by atoms with Crippen LogP contribution in [0.25, 0.3) is 28.0 Å². The Hall–Kier alpha value is -3.43. The zero-order valence-electron chi connectivity index (χ0n) is 17.5. The van der Waals surface area contributed by atoms with Gasteiger partial charge in [0, 0.05) is 60.5 Å². The fourth-order valence-corrected chi connectivity index (χ4v) is 4.21. The van der Waals surface area contributed by atoms with E-state index in [1.165, 1.54) is 23.4 Å². The Balaban J connectivity index is 1.80. The van der Waals surface area contributed by atoms with E-state index in [0.717, 1.165) is 0 Å². The number of halogens is 1. The van der Waals surface area contributed by atoms with Gasteiger partial charge in [-0.2, -0.15) is 0 Å². The molecule has 0 aliphatic carbocycles. The third kappa shape index (κ3) is 4.04. The summed E-state index contributed by atoms with van der Waals surface area (Å²) in [5.74, 6) is -0.308. The van der Waals surface area contributed by atoms with E-state index in [1.54, 1.807) is 60.5 Å². The van der Waals surface area contributed by atoms with E-state index in [0.29, 0.717) is 38.4 Å². The lowest BCUT2D eigenvalue weighted by molar-refractivity contribution is 0.0767. The van der Waals surface area contributed by atoms with E-state index < -0.39 is 10.8 Å². The molecule has 0 spiro atoms. The van der Waals surface area contributed by atoms with Crippen molar-refractivity contribution in [2.24, 2.45) is 0 Å². The lowest BCUT2D eigenvalue weighted by Crippen LogP contribution is -2.29. The van der Waals surface area contributed by atoms with Gasteiger partial charge in [-0.15, -0.1) is 0 Å². The summed E-state index contributed by atoms with van der Waals surface area (Å²) in [6.07, 6.45) is 6.32. The van der Waals surface area contributed by atoms with E-state index >= 15 is 0 Å². The molecule has 2 aromatic carbocycles. The summed E-state index contributed by atoms with van der Waals surface area (Å²) in [4.78, 5) is 23.5. The predicted molar refractivity (Wildman–Crippen MR) is 121 cm³/mol. The molecule has 1 N–H and O–H groups in total. The van der Waals surface area contributed by atoms with Crippen LogP contribution < -0.4 is 0 Å². The normalized spacial score (nSPS) is 12.1. The molecule has 0 radical (unpaired) electrons. The van der Waals surface area contributed by atoms with Crippen molar-refractivity contribution in [3.8, 4) is 17.1 Å². The number of likely N-dealkylation sites (N-methyl/N-ethyl adjacent to an activating group) is 1. The second-order valence-electron chi connectivity index (χ2n) is 7.25. The summed E-state index contributed by atoms with van der Waals surface area (Å²) >= 11 is 0. The Morgan fingerprint density at radius 3 is 2.56 bits per heavy atom. The molecule has 1 atom stereocenters. The van der Waals surface area contributed by atoms with Crippen LogP contribution in [0.3, 0.4) is 0 Å². The number of hydrogen-bond acceptors (Lipinski definition) is 5. The molecule has 7 nitrogen and oxygen atoms in total. The topological polar surface area (TPSA) is 88.3 Å². The van der Waals surface area contributed by atoms with Crippen LogP contribution >= 0.6 is 0 Å². The number of carbonyl (C=O) groups excluding carboxylic acids is 1. The van der Waals surface area contributed by atoms with E-state index in [2.05, 4.69) is 9.97 Å². The van der Waals surface area contributed by atoms with Crippen LogP contribution in [0, 0.1) is 5.82 Å². The average Bonchev–Trinajstić information content (AvgIpc) is 3.18. The summed E-state index contributed by atoms with van der Waals surface area (Å²) < 4.78 is 28.1. The highest BCUT2D eigenvalue weighted by Crippen LogP contribution is 2.28. The second-order valence-corrected chi connectivity index (χ2v) is 8.60. The first-order valence-electron chi connectivity index (χ1n) is 9.83. The lowest BCUT2D eigenvalue weighted by Gasteiger charge is -2.15. The van der Waals surface area contributed by atoms with Crippen molar-refractivity contribution in [2.75, 3.05) is 26.5 Å². The quantitative estimate of drug-likeness (QED) is 0.486. The Labute approximate surface area is 186 Å². The third-order valence-corrected chi connectivity index (χ3v) is 6.09. The summed E-state index contributed by atoms with van der Waals surface area (Å²) in [5, 5.41) is 9.83. The summed E-state index contributed by atoms with van der Waals surface area (Å²) in [7, 11) is 0.333. The van der Waals surface area contributed by atoms with Crippen LogP contribution in [-0.2, 0) is 10.8 Å². The zero-order valence-corrected chi connectivity index (χ0v) is 18.3. The average molecular weight is 453 g/mol. The number of aliphatic hydroxyl groups is 1. The Bertz CT molecular complexity index is 1320. The second kappa shape index (κ2) is 8.97. The number of hydrogen-bond donors (Lipinski definition) is 1. The van der Waals surface area contributed by atoms with Crippen molar-refractivity contribution < 1.29 is 18.5 Å². The molecule has 0 aliphatic heterocycles. The van der Waals surface area contributed by atoms with E-state index in [4.69, 9.17) is 5.11 Å². The fraction of sp³-hybridized carbons (Fsp3) is 0.174. The maximum absolute atomic E-state index is 14.1. The molecule has 9 heteroatoms. The molecule has 2 aromatic heterocycles. The van der Waals surface area contributed by atoms with Crippen molar-refractivity contribution in [3.05, 3.63) is 72.4 Å². The maximum atomic E-state index is 14.1. The molecule has 4 aromatic rings. The van der Waals surface area contributed by atoms with Gasteiger partial charge in [-0.3, -0.25) is 13.6 Å². The first-order valence-corrected chi connectivity index (χ1v) is 11.4. The van der Waals surface area contributed by atoms with Crippen molar-refractivity contribution in [3.63, 3.8) is 0 Å². The predicted octanol–water partition coefficient (Wildman–Crippen LogP) is 3.03. The summed E-state index contributed by atoms with van der Waals surface area (Å²) in [5.41, 5.74) is 1.97. The molecule has 1 amide bonds. The summed E-state index contributed by atoms with van der Waals surface area (Å²) in [6, 6.07) is 11.5. The minimum atomic E-state index is -1.28. The Morgan fingerprint density at radius 1 is 1.19 bits per heavy atom. The van der Waals surface area contributed by atoms with Crippen LogP contribution in [0.2, 0.25) is 0 Å². The third-order valence-electron chi connectivity index (χ3n) is 5.15. The van der Waals surface area contributed by atoms with Gasteiger partial charge < -0.3 is 10.0 Å². The van der Waals surface area contributed by atoms with Crippen molar-refractivity contribution in [1.29, 1.82) is 0 Å². The monoisotopic (exact) mass is 452 g/mol. The molecule has 0 fully saturated rings. The van der Waals surface area contributed by atoms with Gasteiger partial charge in [-0.05, 0) is 18.2 Å². The fourth-order valence-electron chi connectivity index (χ4n) is 3.48. The molecule has 1 unspecified atom stereocenters. The maximum Gasteiger partial charge on any atom is 0.253 e. The van der Waals surface area contributed by atoms with Gasteiger partial charge in [0.25, 0.3) is 5.91 Å². The number of aromatic nitrogens is 3. The van der Waals surface area contributed by atoms with Crippen molar-refractivity contribution in [2.45, 2.75) is 4.90 Å². The van der Waals surface area contributed by atoms with Gasteiger partial charge in [0.2, 0.25) is 5.95 Å². The lowest BCUT2D eigenvalue weighted by atomic mass is 10.1. The SMILES string of the molecule is CN(CCO)C(=O)c1ccc2c(S(C)=O)cn(-c3ncc(-c4ccccc4F)cn3)c2c1. The summed E-state index contributed by atoms with van der Waals surface area (Å²) in [6.45, 7) is 0.0742. The number of nitrogens with zero attached hydrogens (tertiary/aromatic N) is 4. The van der Waals surface area contributed by atoms with E-state index in [9.17, 15) is 13.4 Å². The molecule has 0 bridgehead atoms. The number of benzene rings is 2. The number of amides is 1. The van der Waals surface area contributed by atoms with Crippen molar-refractivity contribution >= 4 is 27.6 Å². The van der Waals surface area contributed by atoms with Crippen LogP contribution in [0.15, 0.2) is 66.0 Å². The van der Waals surface area contributed by atoms with E-state index in [-0.39, 0.29) is 24.9 Å². The molecule has 32 heavy (non-hydrogen) atoms. The molecule has 2 heterocycles. The Morgan fingerprint density at radius 2 is 1.91 bits per heavy atom. The number of rotatable bonds is 6. The molecule has 4 rings (SSSR count). The number of aliphatic hydroxyl groups excluding tert-OH is 1. The van der Waals surface area contributed by atoms with Crippen LogP contribution in [0.1, 0.15) is 10.4 Å². The first-order chi connectivity index (χ1) is 15.4. The highest BCUT2D eigenvalue weighted by Gasteiger charge is 2.18. The highest BCUT2D eigenvalue weighted by molar-refractivity contribution is 7.84. The van der Waals surface area contributed by atoms with E-state index in [1.807, 2.05) is 0 Å². The number of carbonyl (C=O) groups is 1. The van der Waals surface area contributed by atoms with Gasteiger partial charge in [0.1, 0.15) is 5.82 Å². The van der Waals surface area contributed by atoms with Crippen molar-refractivity contribution in [1.82, 2.24) is 19.4 Å². The minimum Gasteiger partial charge on any atom is -0.395 e. The molecule has 164 valence electrons. The largest absolute Gasteiger partial charge is 0.395 e. The van der Waals surface area contributed by atoms with Gasteiger partial charge in [-0.25, -0.2) is 14.4 Å². The Kier molecular flexibility index (Phi) is 6.11. The molecule has 0 saturated carbocycles. The van der Waals surface area contributed by atoms with Crippen LogP contribution in [0.5, 0.6) is 0 Å². The smallest absolute Gasteiger partial charge is 0.253 e. The van der Waals surface area contributed by atoms with Crippen LogP contribution in [0.4, 0.5) is 4.39 Å². The molecular formula is C23H21FN4O3S. The molecule has 0 aliphatic rings.